The normalized spacial score (nSPS) is 10.5. The molecule has 0 atom stereocenters. The number of rotatable bonds is 8. The maximum atomic E-state index is 12.4. The van der Waals surface area contributed by atoms with Crippen molar-refractivity contribution in [3.63, 3.8) is 0 Å². The van der Waals surface area contributed by atoms with Crippen LogP contribution in [0.15, 0.2) is 82.4 Å². The first-order valence-electron chi connectivity index (χ1n) is 9.20. The van der Waals surface area contributed by atoms with Crippen LogP contribution in [0.2, 0.25) is 0 Å². The smallest absolute Gasteiger partial charge is 0.343 e. The van der Waals surface area contributed by atoms with Gasteiger partial charge in [0.2, 0.25) is 0 Å². The van der Waals surface area contributed by atoms with Crippen molar-refractivity contribution in [3.8, 4) is 17.2 Å². The zero-order valence-electron chi connectivity index (χ0n) is 16.6. The van der Waals surface area contributed by atoms with Gasteiger partial charge in [-0.1, -0.05) is 34.1 Å². The minimum atomic E-state index is -0.528. The SMILES string of the molecule is COc1ccc(C(=O)Oc2ccc(Br)cc2/C=N/NC(=O)COc2ccccc2)cc1. The number of ether oxygens (including phenoxy) is 3. The van der Waals surface area contributed by atoms with Crippen molar-refractivity contribution in [1.29, 1.82) is 0 Å². The summed E-state index contributed by atoms with van der Waals surface area (Å²) in [6, 6.07) is 20.6. The van der Waals surface area contributed by atoms with Crippen LogP contribution in [-0.4, -0.2) is 31.8 Å². The van der Waals surface area contributed by atoms with Crippen LogP contribution in [-0.2, 0) is 4.79 Å². The van der Waals surface area contributed by atoms with E-state index in [-0.39, 0.29) is 6.61 Å². The highest BCUT2D eigenvalue weighted by atomic mass is 79.9. The molecule has 0 heterocycles. The monoisotopic (exact) mass is 482 g/mol. The number of methoxy groups -OCH3 is 1. The third-order valence-electron chi connectivity index (χ3n) is 4.01. The van der Waals surface area contributed by atoms with E-state index in [0.717, 1.165) is 4.47 Å². The summed E-state index contributed by atoms with van der Waals surface area (Å²) in [6.07, 6.45) is 1.39. The van der Waals surface area contributed by atoms with E-state index in [0.29, 0.717) is 28.4 Å². The fourth-order valence-corrected chi connectivity index (χ4v) is 2.85. The molecule has 1 amide bonds. The fourth-order valence-electron chi connectivity index (χ4n) is 2.47. The number of halogens is 1. The number of benzene rings is 3. The minimum absolute atomic E-state index is 0.181. The summed E-state index contributed by atoms with van der Waals surface area (Å²) in [5.41, 5.74) is 3.26. The summed E-state index contributed by atoms with van der Waals surface area (Å²) in [7, 11) is 1.55. The minimum Gasteiger partial charge on any atom is -0.497 e. The van der Waals surface area contributed by atoms with Gasteiger partial charge in [-0.3, -0.25) is 4.79 Å². The first kappa shape index (κ1) is 22.0. The van der Waals surface area contributed by atoms with Gasteiger partial charge < -0.3 is 14.2 Å². The topological polar surface area (TPSA) is 86.2 Å². The molecule has 0 bridgehead atoms. The molecule has 0 aliphatic heterocycles. The highest BCUT2D eigenvalue weighted by molar-refractivity contribution is 9.10. The summed E-state index contributed by atoms with van der Waals surface area (Å²) in [5, 5.41) is 3.93. The molecule has 0 aromatic heterocycles. The summed E-state index contributed by atoms with van der Waals surface area (Å²) in [5.74, 6) is 0.565. The molecule has 0 saturated carbocycles. The lowest BCUT2D eigenvalue weighted by Crippen LogP contribution is -2.24. The second-order valence-corrected chi connectivity index (χ2v) is 7.11. The fraction of sp³-hybridized carbons (Fsp3) is 0.0870. The predicted octanol–water partition coefficient (Wildman–Crippen LogP) is 4.21. The highest BCUT2D eigenvalue weighted by Crippen LogP contribution is 2.23. The summed E-state index contributed by atoms with van der Waals surface area (Å²) in [4.78, 5) is 24.4. The third kappa shape index (κ3) is 6.68. The third-order valence-corrected chi connectivity index (χ3v) is 4.50. The largest absolute Gasteiger partial charge is 0.497 e. The van der Waals surface area contributed by atoms with Gasteiger partial charge in [0.25, 0.3) is 5.91 Å². The van der Waals surface area contributed by atoms with Gasteiger partial charge in [0.1, 0.15) is 17.2 Å². The number of hydrazone groups is 1. The maximum absolute atomic E-state index is 12.4. The van der Waals surface area contributed by atoms with Crippen LogP contribution in [0.3, 0.4) is 0 Å². The molecule has 0 spiro atoms. The molecule has 0 saturated heterocycles. The van der Waals surface area contributed by atoms with E-state index in [2.05, 4.69) is 26.5 Å². The quantitative estimate of drug-likeness (QED) is 0.225. The van der Waals surface area contributed by atoms with E-state index in [1.807, 2.05) is 18.2 Å². The van der Waals surface area contributed by atoms with Crippen LogP contribution in [0, 0.1) is 0 Å². The summed E-state index contributed by atoms with van der Waals surface area (Å²) >= 11 is 3.37. The molecule has 0 aliphatic rings. The van der Waals surface area contributed by atoms with Crippen molar-refractivity contribution in [2.24, 2.45) is 5.10 Å². The van der Waals surface area contributed by atoms with E-state index in [1.165, 1.54) is 6.21 Å². The Labute approximate surface area is 187 Å². The van der Waals surface area contributed by atoms with Gasteiger partial charge in [0, 0.05) is 10.0 Å². The summed E-state index contributed by atoms with van der Waals surface area (Å²) in [6.45, 7) is -0.181. The summed E-state index contributed by atoms with van der Waals surface area (Å²) < 4.78 is 16.7. The van der Waals surface area contributed by atoms with Crippen molar-refractivity contribution in [2.75, 3.05) is 13.7 Å². The molecule has 7 nitrogen and oxygen atoms in total. The lowest BCUT2D eigenvalue weighted by molar-refractivity contribution is -0.123. The molecule has 3 aromatic carbocycles. The van der Waals surface area contributed by atoms with E-state index < -0.39 is 11.9 Å². The number of nitrogens with zero attached hydrogens (tertiary/aromatic N) is 1. The highest BCUT2D eigenvalue weighted by Gasteiger charge is 2.12. The Kier molecular flexibility index (Phi) is 7.78. The lowest BCUT2D eigenvalue weighted by Gasteiger charge is -2.09. The number of hydrogen-bond acceptors (Lipinski definition) is 6. The van der Waals surface area contributed by atoms with Gasteiger partial charge in [-0.05, 0) is 54.6 Å². The number of carbonyl (C=O) groups is 2. The molecule has 0 radical (unpaired) electrons. The molecule has 8 heteroatoms. The average molecular weight is 483 g/mol. The number of nitrogens with one attached hydrogen (secondary N) is 1. The number of carbonyl (C=O) groups excluding carboxylic acids is 2. The van der Waals surface area contributed by atoms with Crippen molar-refractivity contribution in [1.82, 2.24) is 5.43 Å². The molecular formula is C23H19BrN2O5. The Bertz CT molecular complexity index is 1070. The van der Waals surface area contributed by atoms with Crippen molar-refractivity contribution in [3.05, 3.63) is 88.4 Å². The molecule has 3 rings (SSSR count). The molecule has 0 aliphatic carbocycles. The second kappa shape index (κ2) is 10.9. The van der Waals surface area contributed by atoms with E-state index in [4.69, 9.17) is 14.2 Å². The van der Waals surface area contributed by atoms with Gasteiger partial charge >= 0.3 is 5.97 Å². The van der Waals surface area contributed by atoms with E-state index in [9.17, 15) is 9.59 Å². The molecule has 1 N–H and O–H groups in total. The molecular weight excluding hydrogens is 464 g/mol. The van der Waals surface area contributed by atoms with Crippen LogP contribution < -0.4 is 19.6 Å². The molecule has 0 fully saturated rings. The van der Waals surface area contributed by atoms with E-state index >= 15 is 0 Å². The lowest BCUT2D eigenvalue weighted by atomic mass is 10.2. The Morgan fingerprint density at radius 1 is 1.00 bits per heavy atom. The molecule has 3 aromatic rings. The second-order valence-electron chi connectivity index (χ2n) is 6.20. The van der Waals surface area contributed by atoms with Gasteiger partial charge in [0.05, 0.1) is 18.9 Å². The van der Waals surface area contributed by atoms with Crippen LogP contribution >= 0.6 is 15.9 Å². The number of para-hydroxylation sites is 1. The average Bonchev–Trinajstić information content (AvgIpc) is 2.80. The standard InChI is InChI=1S/C23H19BrN2O5/c1-29-19-10-7-16(8-11-19)23(28)31-21-12-9-18(24)13-17(21)14-25-26-22(27)15-30-20-5-3-2-4-6-20/h2-14H,15H2,1H3,(H,26,27)/b25-14+. The Hall–Kier alpha value is -3.65. The number of amides is 1. The van der Waals surface area contributed by atoms with Gasteiger partial charge in [0.15, 0.2) is 6.61 Å². The molecule has 158 valence electrons. The first-order valence-corrected chi connectivity index (χ1v) is 10.00. The Balaban J connectivity index is 1.62. The zero-order valence-corrected chi connectivity index (χ0v) is 18.2. The van der Waals surface area contributed by atoms with Gasteiger partial charge in [-0.2, -0.15) is 5.10 Å². The Morgan fingerprint density at radius 3 is 2.45 bits per heavy atom. The maximum Gasteiger partial charge on any atom is 0.343 e. The van der Waals surface area contributed by atoms with Crippen molar-refractivity contribution >= 4 is 34.0 Å². The zero-order chi connectivity index (χ0) is 22.1. The van der Waals surface area contributed by atoms with E-state index in [1.54, 1.807) is 61.7 Å². The molecule has 0 unspecified atom stereocenters. The van der Waals surface area contributed by atoms with Gasteiger partial charge in [-0.25, -0.2) is 10.2 Å². The first-order chi connectivity index (χ1) is 15.0. The predicted molar refractivity (Wildman–Crippen MR) is 120 cm³/mol. The number of hydrogen-bond donors (Lipinski definition) is 1. The van der Waals surface area contributed by atoms with Crippen LogP contribution in [0.4, 0.5) is 0 Å². The van der Waals surface area contributed by atoms with Gasteiger partial charge in [-0.15, -0.1) is 0 Å². The molecule has 31 heavy (non-hydrogen) atoms. The van der Waals surface area contributed by atoms with Crippen LogP contribution in [0.5, 0.6) is 17.2 Å². The Morgan fingerprint density at radius 2 is 1.74 bits per heavy atom. The number of esters is 1. The van der Waals surface area contributed by atoms with Crippen molar-refractivity contribution < 1.29 is 23.8 Å². The van der Waals surface area contributed by atoms with Crippen LogP contribution in [0.1, 0.15) is 15.9 Å². The van der Waals surface area contributed by atoms with Crippen molar-refractivity contribution in [2.45, 2.75) is 0 Å². The van der Waals surface area contributed by atoms with Crippen LogP contribution in [0.25, 0.3) is 0 Å².